The number of pyridine rings is 1. The molecular formula is C12H12N6S. The van der Waals surface area contributed by atoms with E-state index in [1.54, 1.807) is 24.9 Å². The van der Waals surface area contributed by atoms with Crippen LogP contribution in [-0.2, 0) is 13.1 Å². The van der Waals surface area contributed by atoms with Crippen molar-refractivity contribution in [2.45, 2.75) is 13.1 Å². The Bertz CT molecular complexity index is 697. The number of imidazole rings is 1. The van der Waals surface area contributed by atoms with Crippen molar-refractivity contribution in [3.05, 3.63) is 48.0 Å². The Kier molecular flexibility index (Phi) is 3.20. The summed E-state index contributed by atoms with van der Waals surface area (Å²) in [6.45, 7) is 1.54. The van der Waals surface area contributed by atoms with Gasteiger partial charge >= 0.3 is 0 Å². The summed E-state index contributed by atoms with van der Waals surface area (Å²) < 4.78 is 4.60. The lowest BCUT2D eigenvalue weighted by Crippen LogP contribution is -2.07. The van der Waals surface area contributed by atoms with Gasteiger partial charge in [-0.2, -0.15) is 5.10 Å². The molecule has 19 heavy (non-hydrogen) atoms. The van der Waals surface area contributed by atoms with Gasteiger partial charge in [0.05, 0.1) is 6.33 Å². The number of hydrogen-bond donors (Lipinski definition) is 1. The van der Waals surface area contributed by atoms with E-state index < -0.39 is 0 Å². The van der Waals surface area contributed by atoms with Crippen molar-refractivity contribution in [3.63, 3.8) is 0 Å². The minimum Gasteiger partial charge on any atom is -0.336 e. The zero-order chi connectivity index (χ0) is 13.1. The molecule has 0 aliphatic heterocycles. The number of hydrogen-bond acceptors (Lipinski definition) is 4. The molecule has 3 aromatic heterocycles. The van der Waals surface area contributed by atoms with Gasteiger partial charge in [0, 0.05) is 43.4 Å². The third kappa shape index (κ3) is 2.45. The van der Waals surface area contributed by atoms with E-state index in [2.05, 4.69) is 20.2 Å². The Labute approximate surface area is 114 Å². The van der Waals surface area contributed by atoms with Gasteiger partial charge in [-0.25, -0.2) is 4.98 Å². The summed E-state index contributed by atoms with van der Waals surface area (Å²) in [6, 6.07) is 3.83. The minimum atomic E-state index is 0.618. The predicted octanol–water partition coefficient (Wildman–Crippen LogP) is 1.90. The number of aromatic amines is 1. The highest BCUT2D eigenvalue weighted by Crippen LogP contribution is 2.15. The largest absolute Gasteiger partial charge is 0.336 e. The maximum absolute atomic E-state index is 5.27. The molecule has 0 amide bonds. The molecule has 96 valence electrons. The number of H-pyrrole nitrogens is 1. The average molecular weight is 272 g/mol. The molecule has 0 unspecified atom stereocenters. The highest BCUT2D eigenvalue weighted by atomic mass is 32.1. The number of aryl methyl sites for hydroxylation is 1. The topological polar surface area (TPSA) is 64.3 Å². The van der Waals surface area contributed by atoms with Gasteiger partial charge in [0.25, 0.3) is 0 Å². The maximum Gasteiger partial charge on any atom is 0.195 e. The zero-order valence-corrected chi connectivity index (χ0v) is 10.9. The fourth-order valence-corrected chi connectivity index (χ4v) is 2.10. The Morgan fingerprint density at radius 3 is 2.68 bits per heavy atom. The van der Waals surface area contributed by atoms with Crippen LogP contribution in [0.2, 0.25) is 0 Å². The first kappa shape index (κ1) is 11.8. The van der Waals surface area contributed by atoms with Crippen LogP contribution in [0.25, 0.3) is 11.4 Å². The zero-order valence-electron chi connectivity index (χ0n) is 10.1. The Morgan fingerprint density at radius 2 is 1.95 bits per heavy atom. The monoisotopic (exact) mass is 272 g/mol. The van der Waals surface area contributed by atoms with Gasteiger partial charge in [-0.1, -0.05) is 0 Å². The van der Waals surface area contributed by atoms with Crippen molar-refractivity contribution < 1.29 is 0 Å². The molecule has 3 aromatic rings. The van der Waals surface area contributed by atoms with Crippen molar-refractivity contribution in [2.24, 2.45) is 0 Å². The number of nitrogens with one attached hydrogen (secondary N) is 1. The van der Waals surface area contributed by atoms with E-state index >= 15 is 0 Å². The fraction of sp³-hybridized carbons (Fsp3) is 0.167. The first-order valence-electron chi connectivity index (χ1n) is 5.86. The van der Waals surface area contributed by atoms with Crippen molar-refractivity contribution in [1.82, 2.24) is 29.3 Å². The third-order valence-electron chi connectivity index (χ3n) is 2.84. The lowest BCUT2D eigenvalue weighted by molar-refractivity contribution is 0.576. The molecule has 0 spiro atoms. The molecule has 0 saturated heterocycles. The highest BCUT2D eigenvalue weighted by molar-refractivity contribution is 7.71. The molecule has 7 heteroatoms. The van der Waals surface area contributed by atoms with Crippen LogP contribution in [-0.4, -0.2) is 29.3 Å². The summed E-state index contributed by atoms with van der Waals surface area (Å²) in [7, 11) is 0. The molecule has 3 heterocycles. The molecule has 0 saturated carbocycles. The van der Waals surface area contributed by atoms with Crippen LogP contribution in [0.15, 0.2) is 43.2 Å². The molecule has 1 N–H and O–H groups in total. The van der Waals surface area contributed by atoms with Crippen molar-refractivity contribution in [3.8, 4) is 11.4 Å². The van der Waals surface area contributed by atoms with Crippen LogP contribution in [0, 0.1) is 4.77 Å². The number of nitrogens with zero attached hydrogens (tertiary/aromatic N) is 5. The van der Waals surface area contributed by atoms with Gasteiger partial charge in [0.1, 0.15) is 0 Å². The molecule has 3 rings (SSSR count). The summed E-state index contributed by atoms with van der Waals surface area (Å²) in [5.74, 6) is 0.826. The van der Waals surface area contributed by atoms with Crippen LogP contribution in [0.5, 0.6) is 0 Å². The van der Waals surface area contributed by atoms with Crippen LogP contribution in [0.4, 0.5) is 0 Å². The normalized spacial score (nSPS) is 10.7. The van der Waals surface area contributed by atoms with E-state index in [0.29, 0.717) is 4.77 Å². The van der Waals surface area contributed by atoms with E-state index in [-0.39, 0.29) is 0 Å². The van der Waals surface area contributed by atoms with Crippen molar-refractivity contribution in [1.29, 1.82) is 0 Å². The number of rotatable bonds is 4. The van der Waals surface area contributed by atoms with Crippen molar-refractivity contribution >= 4 is 12.2 Å². The molecule has 0 atom stereocenters. The highest BCUT2D eigenvalue weighted by Gasteiger charge is 2.08. The summed E-state index contributed by atoms with van der Waals surface area (Å²) >= 11 is 5.27. The van der Waals surface area contributed by atoms with E-state index in [1.807, 2.05) is 27.5 Å². The quantitative estimate of drug-likeness (QED) is 0.737. The molecule has 0 radical (unpaired) electrons. The Hall–Kier alpha value is -2.28. The lowest BCUT2D eigenvalue weighted by atomic mass is 10.2. The summed E-state index contributed by atoms with van der Waals surface area (Å²) in [5, 5.41) is 7.12. The Morgan fingerprint density at radius 1 is 1.11 bits per heavy atom. The lowest BCUT2D eigenvalue weighted by Gasteiger charge is -2.07. The van der Waals surface area contributed by atoms with E-state index in [4.69, 9.17) is 12.2 Å². The minimum absolute atomic E-state index is 0.618. The predicted molar refractivity (Wildman–Crippen MR) is 72.9 cm³/mol. The average Bonchev–Trinajstić information content (AvgIpc) is 3.07. The molecule has 0 aliphatic carbocycles. The summed E-state index contributed by atoms with van der Waals surface area (Å²) in [5.41, 5.74) is 0.994. The molecule has 6 nitrogen and oxygen atoms in total. The van der Waals surface area contributed by atoms with Crippen LogP contribution in [0.1, 0.15) is 0 Å². The van der Waals surface area contributed by atoms with E-state index in [9.17, 15) is 0 Å². The molecule has 0 fully saturated rings. The second kappa shape index (κ2) is 5.15. The fourth-order valence-electron chi connectivity index (χ4n) is 1.88. The second-order valence-corrected chi connectivity index (χ2v) is 4.43. The molecule has 0 aromatic carbocycles. The Balaban J connectivity index is 1.89. The second-order valence-electron chi connectivity index (χ2n) is 4.04. The SMILES string of the molecule is S=c1[nH]nc(-c2ccncc2)n1CCn1ccnc1. The van der Waals surface area contributed by atoms with Gasteiger partial charge in [0.15, 0.2) is 10.6 Å². The van der Waals surface area contributed by atoms with Gasteiger partial charge in [-0.3, -0.25) is 14.6 Å². The van der Waals surface area contributed by atoms with Gasteiger partial charge in [0.2, 0.25) is 0 Å². The smallest absolute Gasteiger partial charge is 0.195 e. The van der Waals surface area contributed by atoms with Crippen LogP contribution in [0.3, 0.4) is 0 Å². The first-order valence-corrected chi connectivity index (χ1v) is 6.27. The van der Waals surface area contributed by atoms with Crippen LogP contribution >= 0.6 is 12.2 Å². The number of aromatic nitrogens is 6. The first-order chi connectivity index (χ1) is 9.34. The summed E-state index contributed by atoms with van der Waals surface area (Å²) in [4.78, 5) is 8.03. The summed E-state index contributed by atoms with van der Waals surface area (Å²) in [6.07, 6.45) is 8.96. The van der Waals surface area contributed by atoms with E-state index in [0.717, 1.165) is 24.5 Å². The van der Waals surface area contributed by atoms with E-state index in [1.165, 1.54) is 0 Å². The van der Waals surface area contributed by atoms with Gasteiger partial charge in [-0.05, 0) is 24.4 Å². The van der Waals surface area contributed by atoms with Crippen LogP contribution < -0.4 is 0 Å². The van der Waals surface area contributed by atoms with Gasteiger partial charge in [-0.15, -0.1) is 0 Å². The maximum atomic E-state index is 5.27. The van der Waals surface area contributed by atoms with Gasteiger partial charge < -0.3 is 4.57 Å². The molecule has 0 aliphatic rings. The van der Waals surface area contributed by atoms with Crippen molar-refractivity contribution in [2.75, 3.05) is 0 Å². The molecule has 0 bridgehead atoms. The third-order valence-corrected chi connectivity index (χ3v) is 3.15. The standard InChI is InChI=1S/C12H12N6S/c19-12-16-15-11(10-1-3-13-4-2-10)18(12)8-7-17-6-5-14-9-17/h1-6,9H,7-8H2,(H,16,19). The molecular weight excluding hydrogens is 260 g/mol.